The lowest BCUT2D eigenvalue weighted by Crippen LogP contribution is -2.13. The van der Waals surface area contributed by atoms with E-state index in [1.165, 1.54) is 10.1 Å². The Morgan fingerprint density at radius 3 is 1.66 bits per heavy atom. The fourth-order valence-electron chi connectivity index (χ4n) is 6.65. The lowest BCUT2D eigenvalue weighted by atomic mass is 10.1. The maximum atomic E-state index is 7.15. The molecule has 2 heterocycles. The molecule has 0 N–H and O–H groups in total. The van der Waals surface area contributed by atoms with Gasteiger partial charge in [0.2, 0.25) is 0 Å². The number of furan rings is 1. The van der Waals surface area contributed by atoms with Gasteiger partial charge in [-0.3, -0.25) is 0 Å². The molecule has 9 rings (SSSR count). The number of anilines is 6. The van der Waals surface area contributed by atoms with Gasteiger partial charge in [0.25, 0.3) is 0 Å². The van der Waals surface area contributed by atoms with Crippen molar-refractivity contribution in [3.63, 3.8) is 0 Å². The molecule has 0 aliphatic carbocycles. The normalized spacial score (nSPS) is 11.5. The molecule has 0 amide bonds. The summed E-state index contributed by atoms with van der Waals surface area (Å²) in [6.45, 7) is 0. The summed E-state index contributed by atoms with van der Waals surface area (Å²) >= 11 is 8.91. The molecular weight excluding hydrogens is 616 g/mol. The van der Waals surface area contributed by atoms with Gasteiger partial charge < -0.3 is 14.2 Å². The first-order valence-corrected chi connectivity index (χ1v) is 16.7. The highest BCUT2D eigenvalue weighted by atomic mass is 35.5. The summed E-state index contributed by atoms with van der Waals surface area (Å²) in [4.78, 5) is 4.60. The van der Waals surface area contributed by atoms with Crippen LogP contribution in [0.25, 0.3) is 42.1 Å². The molecule has 9 aromatic rings. The Bertz CT molecular complexity index is 2500. The van der Waals surface area contributed by atoms with Crippen molar-refractivity contribution in [2.24, 2.45) is 0 Å². The zero-order chi connectivity index (χ0) is 31.3. The van der Waals surface area contributed by atoms with Gasteiger partial charge in [-0.2, -0.15) is 0 Å². The SMILES string of the molecule is Clc1cc(N(c2ccccc2)c2cc(N(c3ccccc3)c3ccccc3)c3c(c2)oc2ccccc23)cc2sc3ccccc3c12. The van der Waals surface area contributed by atoms with Crippen molar-refractivity contribution in [2.75, 3.05) is 9.80 Å². The van der Waals surface area contributed by atoms with Crippen LogP contribution in [0.1, 0.15) is 0 Å². The Labute approximate surface area is 281 Å². The molecule has 224 valence electrons. The van der Waals surface area contributed by atoms with Crippen LogP contribution in [0.2, 0.25) is 5.02 Å². The monoisotopic (exact) mass is 642 g/mol. The number of para-hydroxylation sites is 4. The minimum Gasteiger partial charge on any atom is -0.456 e. The topological polar surface area (TPSA) is 19.6 Å². The number of hydrogen-bond acceptors (Lipinski definition) is 4. The van der Waals surface area contributed by atoms with Gasteiger partial charge in [-0.25, -0.2) is 0 Å². The van der Waals surface area contributed by atoms with Crippen LogP contribution in [0.3, 0.4) is 0 Å². The lowest BCUT2D eigenvalue weighted by Gasteiger charge is -2.30. The van der Waals surface area contributed by atoms with E-state index in [1.807, 2.05) is 18.2 Å². The Kier molecular flexibility index (Phi) is 6.70. The van der Waals surface area contributed by atoms with Gasteiger partial charge in [0.1, 0.15) is 11.2 Å². The molecule has 0 atom stereocenters. The van der Waals surface area contributed by atoms with E-state index < -0.39 is 0 Å². The third kappa shape index (κ3) is 4.73. The van der Waals surface area contributed by atoms with Crippen LogP contribution in [-0.2, 0) is 0 Å². The molecule has 0 unspecified atom stereocenters. The van der Waals surface area contributed by atoms with Crippen LogP contribution in [0.5, 0.6) is 0 Å². The number of rotatable bonds is 6. The van der Waals surface area contributed by atoms with E-state index in [-0.39, 0.29) is 0 Å². The van der Waals surface area contributed by atoms with Crippen molar-refractivity contribution < 1.29 is 4.42 Å². The van der Waals surface area contributed by atoms with E-state index in [9.17, 15) is 0 Å². The number of thiophene rings is 1. The second-order valence-corrected chi connectivity index (χ2v) is 13.0. The molecule has 0 bridgehead atoms. The number of nitrogens with zero attached hydrogens (tertiary/aromatic N) is 2. The van der Waals surface area contributed by atoms with E-state index in [0.29, 0.717) is 0 Å². The summed E-state index contributed by atoms with van der Waals surface area (Å²) in [5.41, 5.74) is 7.77. The molecule has 0 saturated carbocycles. The van der Waals surface area contributed by atoms with Gasteiger partial charge in [0.05, 0.1) is 21.8 Å². The van der Waals surface area contributed by atoms with E-state index in [2.05, 4.69) is 155 Å². The first kappa shape index (κ1) is 27.7. The minimum atomic E-state index is 0.733. The third-order valence-corrected chi connectivity index (χ3v) is 10.1. The van der Waals surface area contributed by atoms with Crippen LogP contribution in [0.4, 0.5) is 34.1 Å². The summed E-state index contributed by atoms with van der Waals surface area (Å²) in [6, 6.07) is 57.0. The van der Waals surface area contributed by atoms with E-state index in [4.69, 9.17) is 16.0 Å². The summed E-state index contributed by atoms with van der Waals surface area (Å²) < 4.78 is 9.00. The highest BCUT2D eigenvalue weighted by Gasteiger charge is 2.24. The molecular formula is C42H27ClN2OS. The maximum absolute atomic E-state index is 7.15. The average molecular weight is 643 g/mol. The smallest absolute Gasteiger partial charge is 0.139 e. The molecule has 5 heteroatoms. The number of benzene rings is 7. The van der Waals surface area contributed by atoms with Crippen molar-refractivity contribution >= 4 is 99.2 Å². The lowest BCUT2D eigenvalue weighted by molar-refractivity contribution is 0.669. The van der Waals surface area contributed by atoms with Crippen molar-refractivity contribution in [3.05, 3.63) is 169 Å². The predicted molar refractivity (Wildman–Crippen MR) is 201 cm³/mol. The highest BCUT2D eigenvalue weighted by molar-refractivity contribution is 7.26. The van der Waals surface area contributed by atoms with Gasteiger partial charge in [-0.05, 0) is 66.7 Å². The zero-order valence-electron chi connectivity index (χ0n) is 25.2. The Hall–Kier alpha value is -5.55. The Morgan fingerprint density at radius 1 is 0.426 bits per heavy atom. The standard InChI is InChI=1S/C42H27ClN2OS/c43-35-24-31(27-40-41(35)34-21-11-13-23-39(34)47-40)44(28-14-4-1-5-15-28)32-25-36(42-33-20-10-12-22-37(33)46-38(42)26-32)45(29-16-6-2-7-17-29)30-18-8-3-9-19-30/h1-27H. The van der Waals surface area contributed by atoms with Crippen molar-refractivity contribution in [1.29, 1.82) is 0 Å². The summed E-state index contributed by atoms with van der Waals surface area (Å²) in [7, 11) is 0. The second-order valence-electron chi connectivity index (χ2n) is 11.5. The molecule has 0 aliphatic rings. The summed E-state index contributed by atoms with van der Waals surface area (Å²) in [5.74, 6) is 0. The fourth-order valence-corrected chi connectivity index (χ4v) is 8.19. The first-order chi connectivity index (χ1) is 23.2. The molecule has 0 radical (unpaired) electrons. The molecule has 0 saturated heterocycles. The molecule has 0 fully saturated rings. The molecule has 0 spiro atoms. The van der Waals surface area contributed by atoms with Gasteiger partial charge in [-0.1, -0.05) is 103 Å². The largest absolute Gasteiger partial charge is 0.456 e. The summed E-state index contributed by atoms with van der Waals surface area (Å²) in [6.07, 6.45) is 0. The average Bonchev–Trinajstić information content (AvgIpc) is 3.69. The van der Waals surface area contributed by atoms with Crippen molar-refractivity contribution in [2.45, 2.75) is 0 Å². The maximum Gasteiger partial charge on any atom is 0.139 e. The second kappa shape index (κ2) is 11.4. The zero-order valence-corrected chi connectivity index (χ0v) is 26.7. The van der Waals surface area contributed by atoms with Crippen LogP contribution in [-0.4, -0.2) is 0 Å². The van der Waals surface area contributed by atoms with Gasteiger partial charge in [0.15, 0.2) is 0 Å². The number of hydrogen-bond donors (Lipinski definition) is 0. The highest BCUT2D eigenvalue weighted by Crippen LogP contribution is 2.49. The Balaban J connectivity index is 1.35. The van der Waals surface area contributed by atoms with Crippen molar-refractivity contribution in [1.82, 2.24) is 0 Å². The van der Waals surface area contributed by atoms with E-state index >= 15 is 0 Å². The predicted octanol–water partition coefficient (Wildman–Crippen LogP) is 13.5. The molecule has 0 aliphatic heterocycles. The Morgan fingerprint density at radius 2 is 0.979 bits per heavy atom. The van der Waals surface area contributed by atoms with Crippen molar-refractivity contribution in [3.8, 4) is 0 Å². The molecule has 2 aromatic heterocycles. The summed E-state index contributed by atoms with van der Waals surface area (Å²) in [5, 5.41) is 5.14. The van der Waals surface area contributed by atoms with Crippen LogP contribution in [0.15, 0.2) is 168 Å². The fraction of sp³-hybridized carbons (Fsp3) is 0. The minimum absolute atomic E-state index is 0.733. The molecule has 7 aromatic carbocycles. The van der Waals surface area contributed by atoms with Gasteiger partial charge in [0, 0.05) is 54.4 Å². The van der Waals surface area contributed by atoms with E-state index in [0.717, 1.165) is 71.2 Å². The van der Waals surface area contributed by atoms with Crippen LogP contribution in [0, 0.1) is 0 Å². The third-order valence-electron chi connectivity index (χ3n) is 8.66. The first-order valence-electron chi connectivity index (χ1n) is 15.5. The number of fused-ring (bicyclic) bond motifs is 6. The van der Waals surface area contributed by atoms with Gasteiger partial charge in [-0.15, -0.1) is 11.3 Å². The van der Waals surface area contributed by atoms with Gasteiger partial charge >= 0.3 is 0 Å². The number of halogens is 1. The molecule has 3 nitrogen and oxygen atoms in total. The van der Waals surface area contributed by atoms with Crippen LogP contribution < -0.4 is 9.80 Å². The quantitative estimate of drug-likeness (QED) is 0.180. The van der Waals surface area contributed by atoms with Crippen LogP contribution >= 0.6 is 22.9 Å². The van der Waals surface area contributed by atoms with E-state index in [1.54, 1.807) is 11.3 Å². The molecule has 47 heavy (non-hydrogen) atoms.